The van der Waals surface area contributed by atoms with Crippen LogP contribution in [0, 0.1) is 5.82 Å². The molecule has 0 aliphatic rings. The van der Waals surface area contributed by atoms with Crippen LogP contribution in [0.3, 0.4) is 0 Å². The third-order valence-electron chi connectivity index (χ3n) is 6.15. The Labute approximate surface area is 199 Å². The number of rotatable bonds is 7. The van der Waals surface area contributed by atoms with Gasteiger partial charge in [-0.3, -0.25) is 4.79 Å². The smallest absolute Gasteiger partial charge is 0.251 e. The van der Waals surface area contributed by atoms with Crippen molar-refractivity contribution < 1.29 is 9.50 Å². The molecular weight excluding hydrogens is 449 g/mol. The molecule has 10 heteroatoms. The molecule has 0 aliphatic carbocycles. The summed E-state index contributed by atoms with van der Waals surface area (Å²) >= 11 is 0. The van der Waals surface area contributed by atoms with Gasteiger partial charge in [-0.25, -0.2) is 23.7 Å². The van der Waals surface area contributed by atoms with Crippen LogP contribution >= 0.6 is 0 Å². The van der Waals surface area contributed by atoms with Crippen molar-refractivity contribution in [2.45, 2.75) is 25.1 Å². The van der Waals surface area contributed by atoms with Crippen LogP contribution in [0.15, 0.2) is 97.0 Å². The van der Waals surface area contributed by atoms with Crippen molar-refractivity contribution in [3.63, 3.8) is 0 Å². The summed E-state index contributed by atoms with van der Waals surface area (Å²) in [5.41, 5.74) is 0.374. The third-order valence-corrected chi connectivity index (χ3v) is 6.15. The van der Waals surface area contributed by atoms with Crippen LogP contribution in [0.2, 0.25) is 0 Å². The molecule has 0 spiro atoms. The summed E-state index contributed by atoms with van der Waals surface area (Å²) in [6.07, 6.45) is 7.45. The molecule has 2 aromatic carbocycles. The highest BCUT2D eigenvalue weighted by atomic mass is 19.1. The van der Waals surface area contributed by atoms with Crippen LogP contribution in [-0.2, 0) is 12.1 Å². The van der Waals surface area contributed by atoms with E-state index >= 15 is 0 Å². The summed E-state index contributed by atoms with van der Waals surface area (Å²) in [5, 5.41) is 20.0. The summed E-state index contributed by atoms with van der Waals surface area (Å²) < 4.78 is 19.3. The fourth-order valence-corrected chi connectivity index (χ4v) is 4.18. The lowest BCUT2D eigenvalue weighted by molar-refractivity contribution is -0.0341. The second-order valence-electron chi connectivity index (χ2n) is 8.22. The molecule has 35 heavy (non-hydrogen) atoms. The highest BCUT2D eigenvalue weighted by Gasteiger charge is 2.40. The molecule has 176 valence electrons. The molecule has 5 aromatic rings. The lowest BCUT2D eigenvalue weighted by Crippen LogP contribution is -2.43. The zero-order valence-corrected chi connectivity index (χ0v) is 18.8. The number of pyridine rings is 1. The van der Waals surface area contributed by atoms with Gasteiger partial charge in [0, 0.05) is 17.8 Å². The molecule has 3 aromatic heterocycles. The minimum Gasteiger partial charge on any atom is -0.381 e. The van der Waals surface area contributed by atoms with Gasteiger partial charge in [-0.1, -0.05) is 30.3 Å². The maximum Gasteiger partial charge on any atom is 0.251 e. The highest BCUT2D eigenvalue weighted by molar-refractivity contribution is 5.64. The van der Waals surface area contributed by atoms with Crippen molar-refractivity contribution >= 4 is 0 Å². The molecule has 0 aliphatic heterocycles. The van der Waals surface area contributed by atoms with Crippen molar-refractivity contribution in [3.8, 4) is 16.8 Å². The Bertz CT molecular complexity index is 1480. The lowest BCUT2D eigenvalue weighted by Gasteiger charge is -2.35. The number of aliphatic hydroxyl groups is 1. The van der Waals surface area contributed by atoms with Gasteiger partial charge in [-0.2, -0.15) is 10.2 Å². The Kier molecular flexibility index (Phi) is 5.79. The molecule has 3 heterocycles. The summed E-state index contributed by atoms with van der Waals surface area (Å²) in [7, 11) is 0. The van der Waals surface area contributed by atoms with Crippen LogP contribution in [0.25, 0.3) is 16.8 Å². The van der Waals surface area contributed by atoms with E-state index in [1.807, 2.05) is 24.3 Å². The monoisotopic (exact) mass is 471 g/mol. The Hall–Kier alpha value is -4.44. The number of aromatic nitrogens is 7. The van der Waals surface area contributed by atoms with Crippen LogP contribution in [-0.4, -0.2) is 39.2 Å². The predicted molar refractivity (Wildman–Crippen MR) is 126 cm³/mol. The standard InChI is InChI=1S/C25H22FN7O2/c1-18(25(35,13-31-16-27-14-29-31)22-4-2-3-5-23(22)26)32-11-10-20(12-24(32)34)19-6-8-21(9-7-19)33-17-28-15-30-33/h2-12,14-18,35H,13H2,1H3/t18-,25-/m1/s1. The number of nitrogens with zero attached hydrogens (tertiary/aromatic N) is 7. The second kappa shape index (κ2) is 9.07. The largest absolute Gasteiger partial charge is 0.381 e. The lowest BCUT2D eigenvalue weighted by atomic mass is 9.86. The van der Waals surface area contributed by atoms with Crippen LogP contribution in [0.4, 0.5) is 4.39 Å². The van der Waals surface area contributed by atoms with Gasteiger partial charge in [0.1, 0.15) is 36.7 Å². The maximum absolute atomic E-state index is 14.8. The van der Waals surface area contributed by atoms with Crippen LogP contribution in [0.5, 0.6) is 0 Å². The molecule has 0 saturated heterocycles. The Morgan fingerprint density at radius 2 is 1.71 bits per heavy atom. The molecule has 1 N–H and O–H groups in total. The average Bonchev–Trinajstić information content (AvgIpc) is 3.59. The quantitative estimate of drug-likeness (QED) is 0.391. The zero-order valence-electron chi connectivity index (χ0n) is 18.8. The first-order valence-corrected chi connectivity index (χ1v) is 10.9. The fourth-order valence-electron chi connectivity index (χ4n) is 4.18. The minimum atomic E-state index is -1.77. The van der Waals surface area contributed by atoms with Gasteiger partial charge in [0.2, 0.25) is 0 Å². The second-order valence-corrected chi connectivity index (χ2v) is 8.22. The van der Waals surface area contributed by atoms with Crippen LogP contribution < -0.4 is 5.56 Å². The van der Waals surface area contributed by atoms with Gasteiger partial charge < -0.3 is 9.67 Å². The van der Waals surface area contributed by atoms with Crippen molar-refractivity contribution in [1.82, 2.24) is 34.1 Å². The van der Waals surface area contributed by atoms with E-state index in [4.69, 9.17) is 0 Å². The third kappa shape index (κ3) is 4.26. The first-order valence-electron chi connectivity index (χ1n) is 10.9. The molecule has 0 unspecified atom stereocenters. The van der Waals surface area contributed by atoms with Gasteiger partial charge in [0.05, 0.1) is 18.3 Å². The number of benzene rings is 2. The van der Waals surface area contributed by atoms with E-state index in [1.165, 1.54) is 46.4 Å². The Balaban J connectivity index is 1.49. The fraction of sp³-hybridized carbons (Fsp3) is 0.160. The predicted octanol–water partition coefficient (Wildman–Crippen LogP) is 2.98. The van der Waals surface area contributed by atoms with E-state index in [2.05, 4.69) is 20.2 Å². The number of hydrogen-bond acceptors (Lipinski definition) is 6. The number of hydrogen-bond donors (Lipinski definition) is 1. The van der Waals surface area contributed by atoms with Crippen molar-refractivity contribution in [2.24, 2.45) is 0 Å². The minimum absolute atomic E-state index is 0.0719. The van der Waals surface area contributed by atoms with E-state index in [0.717, 1.165) is 11.3 Å². The van der Waals surface area contributed by atoms with E-state index in [0.29, 0.717) is 5.56 Å². The van der Waals surface area contributed by atoms with Crippen LogP contribution in [0.1, 0.15) is 18.5 Å². The van der Waals surface area contributed by atoms with Gasteiger partial charge in [0.15, 0.2) is 0 Å². The van der Waals surface area contributed by atoms with Gasteiger partial charge >= 0.3 is 0 Å². The SMILES string of the molecule is C[C@@H](n1ccc(-c2ccc(-n3cncn3)cc2)cc1=O)[C@](O)(Cn1cncn1)c1ccccc1F. The van der Waals surface area contributed by atoms with Gasteiger partial charge in [-0.15, -0.1) is 0 Å². The first kappa shape index (κ1) is 22.4. The van der Waals surface area contributed by atoms with Gasteiger partial charge in [0.25, 0.3) is 5.56 Å². The normalized spacial score (nSPS) is 13.9. The van der Waals surface area contributed by atoms with Crippen molar-refractivity contribution in [2.75, 3.05) is 0 Å². The summed E-state index contributed by atoms with van der Waals surface area (Å²) in [4.78, 5) is 21.0. The average molecular weight is 471 g/mol. The zero-order chi connectivity index (χ0) is 24.4. The van der Waals surface area contributed by atoms with E-state index in [1.54, 1.807) is 42.3 Å². The highest BCUT2D eigenvalue weighted by Crippen LogP contribution is 2.36. The molecule has 5 rings (SSSR count). The van der Waals surface area contributed by atoms with Gasteiger partial charge in [-0.05, 0) is 42.3 Å². The first-order chi connectivity index (χ1) is 17.0. The molecule has 0 bridgehead atoms. The molecule has 0 saturated carbocycles. The van der Waals surface area contributed by atoms with Crippen molar-refractivity contribution in [3.05, 3.63) is 114 Å². The topological polar surface area (TPSA) is 104 Å². The molecule has 2 atom stereocenters. The molecule has 0 fully saturated rings. The molecule has 0 amide bonds. The van der Waals surface area contributed by atoms with Crippen molar-refractivity contribution in [1.29, 1.82) is 0 Å². The molecule has 0 radical (unpaired) electrons. The number of halogens is 1. The summed E-state index contributed by atoms with van der Waals surface area (Å²) in [6.45, 7) is 1.59. The summed E-state index contributed by atoms with van der Waals surface area (Å²) in [6, 6.07) is 16.0. The summed E-state index contributed by atoms with van der Waals surface area (Å²) in [5.74, 6) is -0.570. The van der Waals surface area contributed by atoms with E-state index in [-0.39, 0.29) is 17.7 Å². The Morgan fingerprint density at radius 1 is 0.971 bits per heavy atom. The van der Waals surface area contributed by atoms with E-state index in [9.17, 15) is 14.3 Å². The Morgan fingerprint density at radius 3 is 2.37 bits per heavy atom. The molecular formula is C25H22FN7O2. The maximum atomic E-state index is 14.8. The van der Waals surface area contributed by atoms with E-state index < -0.39 is 17.5 Å². The molecule has 9 nitrogen and oxygen atoms in total.